The molecule has 1 aromatic heterocycles. The highest BCUT2D eigenvalue weighted by molar-refractivity contribution is 7.18. The Morgan fingerprint density at radius 1 is 1.44 bits per heavy atom. The molecule has 5 nitrogen and oxygen atoms in total. The molecule has 1 heterocycles. The van der Waals surface area contributed by atoms with Gasteiger partial charge in [-0.05, 0) is 25.2 Å². The molecular formula is C12H16N2O3S. The van der Waals surface area contributed by atoms with Gasteiger partial charge in [0.05, 0.1) is 23.4 Å². The average molecular weight is 268 g/mol. The van der Waals surface area contributed by atoms with Gasteiger partial charge in [0.2, 0.25) is 0 Å². The largest absolute Gasteiger partial charge is 0.497 e. The smallest absolute Gasteiger partial charge is 0.133 e. The number of hydrogen-bond acceptors (Lipinski definition) is 6. The first kappa shape index (κ1) is 13.2. The highest BCUT2D eigenvalue weighted by atomic mass is 32.1. The molecule has 2 rings (SSSR count). The van der Waals surface area contributed by atoms with Gasteiger partial charge >= 0.3 is 0 Å². The fourth-order valence-corrected chi connectivity index (χ4v) is 2.70. The Balaban J connectivity index is 2.29. The first-order valence-electron chi connectivity index (χ1n) is 5.61. The standard InChI is InChI=1S/C12H16N2O3S/c1-13-6-9(15)11(16)12-14-8-4-3-7(17-2)5-10(8)18-12/h3-5,9,11,13,15-16H,6H2,1-2H3. The van der Waals surface area contributed by atoms with Gasteiger partial charge in [0.15, 0.2) is 0 Å². The number of fused-ring (bicyclic) bond motifs is 1. The monoisotopic (exact) mass is 268 g/mol. The van der Waals surface area contributed by atoms with Crippen molar-refractivity contribution in [1.82, 2.24) is 10.3 Å². The zero-order valence-corrected chi connectivity index (χ0v) is 11.1. The normalized spacial score (nSPS) is 14.7. The number of nitrogens with zero attached hydrogens (tertiary/aromatic N) is 1. The number of aliphatic hydroxyl groups is 2. The Morgan fingerprint density at radius 3 is 2.89 bits per heavy atom. The number of likely N-dealkylation sites (N-methyl/N-ethyl adjacent to an activating group) is 1. The van der Waals surface area contributed by atoms with Crippen LogP contribution in [0.25, 0.3) is 10.2 Å². The highest BCUT2D eigenvalue weighted by Crippen LogP contribution is 2.30. The van der Waals surface area contributed by atoms with Crippen molar-refractivity contribution >= 4 is 21.6 Å². The number of rotatable bonds is 5. The van der Waals surface area contributed by atoms with Crippen molar-refractivity contribution in [2.24, 2.45) is 0 Å². The lowest BCUT2D eigenvalue weighted by atomic mass is 10.2. The summed E-state index contributed by atoms with van der Waals surface area (Å²) in [5, 5.41) is 23.0. The Labute approximate surface area is 109 Å². The van der Waals surface area contributed by atoms with E-state index in [4.69, 9.17) is 4.74 Å². The molecular weight excluding hydrogens is 252 g/mol. The minimum absolute atomic E-state index is 0.320. The molecule has 0 saturated carbocycles. The van der Waals surface area contributed by atoms with Crippen LogP contribution >= 0.6 is 11.3 Å². The molecule has 1 aromatic carbocycles. The van der Waals surface area contributed by atoms with Crippen LogP contribution in [0.1, 0.15) is 11.1 Å². The van der Waals surface area contributed by atoms with E-state index in [1.807, 2.05) is 18.2 Å². The summed E-state index contributed by atoms with van der Waals surface area (Å²) in [6.45, 7) is 0.320. The summed E-state index contributed by atoms with van der Waals surface area (Å²) in [7, 11) is 3.33. The Bertz CT molecular complexity index is 529. The fraction of sp³-hybridized carbons (Fsp3) is 0.417. The molecule has 0 aliphatic carbocycles. The summed E-state index contributed by atoms with van der Waals surface area (Å²) in [4.78, 5) is 4.32. The molecule has 2 unspecified atom stereocenters. The van der Waals surface area contributed by atoms with Crippen molar-refractivity contribution in [3.05, 3.63) is 23.2 Å². The van der Waals surface area contributed by atoms with Crippen molar-refractivity contribution < 1.29 is 14.9 Å². The molecule has 98 valence electrons. The van der Waals surface area contributed by atoms with Crippen molar-refractivity contribution in [2.45, 2.75) is 12.2 Å². The number of ether oxygens (including phenoxy) is 1. The van der Waals surface area contributed by atoms with Crippen LogP contribution in [-0.4, -0.2) is 42.0 Å². The van der Waals surface area contributed by atoms with Crippen LogP contribution in [0.5, 0.6) is 5.75 Å². The molecule has 3 N–H and O–H groups in total. The van der Waals surface area contributed by atoms with Gasteiger partial charge in [-0.15, -0.1) is 11.3 Å². The number of methoxy groups -OCH3 is 1. The second-order valence-corrected chi connectivity index (χ2v) is 5.02. The second-order valence-electron chi connectivity index (χ2n) is 3.96. The van der Waals surface area contributed by atoms with Gasteiger partial charge in [-0.25, -0.2) is 4.98 Å². The Kier molecular flexibility index (Phi) is 4.13. The lowest BCUT2D eigenvalue weighted by molar-refractivity contribution is 0.0202. The summed E-state index contributed by atoms with van der Waals surface area (Å²) >= 11 is 1.36. The maximum absolute atomic E-state index is 9.97. The van der Waals surface area contributed by atoms with E-state index in [1.54, 1.807) is 14.2 Å². The summed E-state index contributed by atoms with van der Waals surface area (Å²) in [6.07, 6.45) is -1.83. The van der Waals surface area contributed by atoms with Crippen LogP contribution in [0.4, 0.5) is 0 Å². The molecule has 0 fully saturated rings. The van der Waals surface area contributed by atoms with Crippen LogP contribution in [0.2, 0.25) is 0 Å². The van der Waals surface area contributed by atoms with Crippen molar-refractivity contribution in [1.29, 1.82) is 0 Å². The second kappa shape index (κ2) is 5.62. The van der Waals surface area contributed by atoms with Gasteiger partial charge in [-0.1, -0.05) is 0 Å². The molecule has 18 heavy (non-hydrogen) atoms. The zero-order valence-electron chi connectivity index (χ0n) is 10.3. The van der Waals surface area contributed by atoms with E-state index in [2.05, 4.69) is 10.3 Å². The third-order valence-electron chi connectivity index (χ3n) is 2.64. The molecule has 0 amide bonds. The van der Waals surface area contributed by atoms with Gasteiger partial charge in [0.25, 0.3) is 0 Å². The van der Waals surface area contributed by atoms with Crippen LogP contribution in [0, 0.1) is 0 Å². The molecule has 0 saturated heterocycles. The van der Waals surface area contributed by atoms with Gasteiger partial charge in [0, 0.05) is 6.54 Å². The predicted molar refractivity (Wildman–Crippen MR) is 71.1 cm³/mol. The molecule has 0 bridgehead atoms. The Hall–Kier alpha value is -1.21. The summed E-state index contributed by atoms with van der Waals surface area (Å²) in [5.74, 6) is 0.753. The lowest BCUT2D eigenvalue weighted by Crippen LogP contribution is -2.29. The SMILES string of the molecule is CNCC(O)C(O)c1nc2ccc(OC)cc2s1. The quantitative estimate of drug-likeness (QED) is 0.752. The number of nitrogens with one attached hydrogen (secondary N) is 1. The van der Waals surface area contributed by atoms with E-state index >= 15 is 0 Å². The van der Waals surface area contributed by atoms with Crippen LogP contribution in [0.15, 0.2) is 18.2 Å². The molecule has 0 aliphatic heterocycles. The van der Waals surface area contributed by atoms with E-state index < -0.39 is 12.2 Å². The lowest BCUT2D eigenvalue weighted by Gasteiger charge is -2.14. The van der Waals surface area contributed by atoms with E-state index in [9.17, 15) is 10.2 Å². The third-order valence-corrected chi connectivity index (χ3v) is 3.73. The van der Waals surface area contributed by atoms with Crippen LogP contribution in [0.3, 0.4) is 0 Å². The van der Waals surface area contributed by atoms with Crippen LogP contribution in [-0.2, 0) is 0 Å². The molecule has 6 heteroatoms. The minimum atomic E-state index is -0.971. The Morgan fingerprint density at radius 2 is 2.22 bits per heavy atom. The van der Waals surface area contributed by atoms with E-state index in [0.717, 1.165) is 16.0 Å². The van der Waals surface area contributed by atoms with E-state index in [1.165, 1.54) is 11.3 Å². The van der Waals surface area contributed by atoms with Crippen molar-refractivity contribution in [3.8, 4) is 5.75 Å². The topological polar surface area (TPSA) is 74.6 Å². The summed E-state index contributed by atoms with van der Waals surface area (Å²) < 4.78 is 6.07. The van der Waals surface area contributed by atoms with E-state index in [-0.39, 0.29) is 0 Å². The number of aromatic nitrogens is 1. The number of hydrogen-bond donors (Lipinski definition) is 3. The van der Waals surface area contributed by atoms with Gasteiger partial charge in [-0.2, -0.15) is 0 Å². The first-order valence-corrected chi connectivity index (χ1v) is 6.42. The van der Waals surface area contributed by atoms with Gasteiger partial charge in [0.1, 0.15) is 16.9 Å². The maximum atomic E-state index is 9.97. The maximum Gasteiger partial charge on any atom is 0.133 e. The molecule has 2 atom stereocenters. The molecule has 0 spiro atoms. The summed E-state index contributed by atoms with van der Waals surface area (Å²) in [6, 6.07) is 5.53. The number of aliphatic hydroxyl groups excluding tert-OH is 2. The molecule has 0 radical (unpaired) electrons. The third kappa shape index (κ3) is 2.62. The van der Waals surface area contributed by atoms with Crippen LogP contribution < -0.4 is 10.1 Å². The van der Waals surface area contributed by atoms with Gasteiger partial charge < -0.3 is 20.3 Å². The fourth-order valence-electron chi connectivity index (χ4n) is 1.66. The van der Waals surface area contributed by atoms with Crippen molar-refractivity contribution in [2.75, 3.05) is 20.7 Å². The minimum Gasteiger partial charge on any atom is -0.497 e. The molecule has 2 aromatic rings. The van der Waals surface area contributed by atoms with E-state index in [0.29, 0.717) is 11.6 Å². The predicted octanol–water partition coefficient (Wildman–Crippen LogP) is 0.919. The van der Waals surface area contributed by atoms with Crippen molar-refractivity contribution in [3.63, 3.8) is 0 Å². The zero-order chi connectivity index (χ0) is 13.1. The highest BCUT2D eigenvalue weighted by Gasteiger charge is 2.21. The average Bonchev–Trinajstić information content (AvgIpc) is 2.80. The van der Waals surface area contributed by atoms with Gasteiger partial charge in [-0.3, -0.25) is 0 Å². The number of benzene rings is 1. The number of thiazole rings is 1. The molecule has 0 aliphatic rings. The first-order chi connectivity index (χ1) is 8.65. The summed E-state index contributed by atoms with van der Waals surface area (Å²) in [5.41, 5.74) is 0.798.